The maximum Gasteiger partial charge on any atom is 0.309 e. The predicted molar refractivity (Wildman–Crippen MR) is 144 cm³/mol. The number of esters is 1. The SMILES string of the molecule is CCCCCC[C@H]1CC[C@@H](Oc2ccc3cc(CN4CCC(C(=O)OCC)CC4)ccc3c2)CC1. The molecule has 192 valence electrons. The van der Waals surface area contributed by atoms with Crippen LogP contribution in [0.5, 0.6) is 5.75 Å². The number of unbranched alkanes of at least 4 members (excludes halogenated alkanes) is 3. The number of nitrogens with zero attached hydrogens (tertiary/aromatic N) is 1. The average molecular weight is 480 g/mol. The van der Waals surface area contributed by atoms with Gasteiger partial charge in [-0.3, -0.25) is 9.69 Å². The van der Waals surface area contributed by atoms with Gasteiger partial charge in [0.1, 0.15) is 5.75 Å². The maximum atomic E-state index is 12.0. The molecule has 2 aromatic rings. The summed E-state index contributed by atoms with van der Waals surface area (Å²) in [5.74, 6) is 1.98. The fraction of sp³-hybridized carbons (Fsp3) is 0.645. The molecule has 1 saturated carbocycles. The summed E-state index contributed by atoms with van der Waals surface area (Å²) in [5.41, 5.74) is 1.33. The summed E-state index contributed by atoms with van der Waals surface area (Å²) in [6, 6.07) is 13.3. The molecule has 1 aliphatic carbocycles. The second kappa shape index (κ2) is 13.3. The molecule has 2 fully saturated rings. The third-order valence-electron chi connectivity index (χ3n) is 8.05. The van der Waals surface area contributed by atoms with Gasteiger partial charge in [-0.2, -0.15) is 0 Å². The molecule has 2 aromatic carbocycles. The minimum absolute atomic E-state index is 0.0219. The van der Waals surface area contributed by atoms with E-state index in [2.05, 4.69) is 48.2 Å². The number of rotatable bonds is 11. The second-order valence-electron chi connectivity index (χ2n) is 10.8. The quantitative estimate of drug-likeness (QED) is 0.247. The number of carbonyl (C=O) groups excluding carboxylic acids is 1. The van der Waals surface area contributed by atoms with Crippen molar-refractivity contribution in [2.24, 2.45) is 11.8 Å². The Labute approximate surface area is 212 Å². The van der Waals surface area contributed by atoms with Crippen molar-refractivity contribution in [3.05, 3.63) is 42.0 Å². The lowest BCUT2D eigenvalue weighted by Gasteiger charge is -2.30. The van der Waals surface area contributed by atoms with Gasteiger partial charge < -0.3 is 9.47 Å². The fourth-order valence-corrected chi connectivity index (χ4v) is 5.88. The molecular weight excluding hydrogens is 434 g/mol. The highest BCUT2D eigenvalue weighted by molar-refractivity contribution is 5.84. The highest BCUT2D eigenvalue weighted by atomic mass is 16.5. The van der Waals surface area contributed by atoms with Crippen LogP contribution in [0.25, 0.3) is 10.8 Å². The Morgan fingerprint density at radius 3 is 2.37 bits per heavy atom. The van der Waals surface area contributed by atoms with E-state index in [0.717, 1.165) is 44.1 Å². The van der Waals surface area contributed by atoms with Crippen LogP contribution >= 0.6 is 0 Å². The van der Waals surface area contributed by atoms with E-state index < -0.39 is 0 Å². The van der Waals surface area contributed by atoms with Crippen LogP contribution in [-0.2, 0) is 16.1 Å². The molecule has 0 spiro atoms. The first-order chi connectivity index (χ1) is 17.1. The van der Waals surface area contributed by atoms with Crippen LogP contribution in [0.15, 0.2) is 36.4 Å². The molecule has 0 bridgehead atoms. The first-order valence-corrected chi connectivity index (χ1v) is 14.2. The third kappa shape index (κ3) is 7.70. The van der Waals surface area contributed by atoms with Crippen molar-refractivity contribution in [2.75, 3.05) is 19.7 Å². The van der Waals surface area contributed by atoms with Gasteiger partial charge in [-0.25, -0.2) is 0 Å². The Balaban J connectivity index is 1.24. The maximum absolute atomic E-state index is 12.0. The Morgan fingerprint density at radius 2 is 1.63 bits per heavy atom. The number of ether oxygens (including phenoxy) is 2. The zero-order chi connectivity index (χ0) is 24.5. The minimum Gasteiger partial charge on any atom is -0.490 e. The van der Waals surface area contributed by atoms with E-state index in [4.69, 9.17) is 9.47 Å². The van der Waals surface area contributed by atoms with E-state index in [9.17, 15) is 4.79 Å². The van der Waals surface area contributed by atoms with Gasteiger partial charge >= 0.3 is 5.97 Å². The van der Waals surface area contributed by atoms with Crippen molar-refractivity contribution < 1.29 is 14.3 Å². The molecule has 1 saturated heterocycles. The van der Waals surface area contributed by atoms with Crippen LogP contribution < -0.4 is 4.74 Å². The Kier molecular flexibility index (Phi) is 9.88. The lowest BCUT2D eigenvalue weighted by Crippen LogP contribution is -2.36. The predicted octanol–water partition coefficient (Wildman–Crippen LogP) is 7.52. The molecule has 0 radical (unpaired) electrons. The van der Waals surface area contributed by atoms with Gasteiger partial charge in [0, 0.05) is 6.54 Å². The van der Waals surface area contributed by atoms with Crippen LogP contribution in [0.3, 0.4) is 0 Å². The normalized spacial score (nSPS) is 21.8. The van der Waals surface area contributed by atoms with Crippen LogP contribution in [0, 0.1) is 11.8 Å². The number of piperidine rings is 1. The molecule has 0 amide bonds. The molecule has 4 nitrogen and oxygen atoms in total. The minimum atomic E-state index is -0.0219. The van der Waals surface area contributed by atoms with E-state index in [0.29, 0.717) is 12.7 Å². The number of fused-ring (bicyclic) bond motifs is 1. The van der Waals surface area contributed by atoms with E-state index in [-0.39, 0.29) is 11.9 Å². The smallest absolute Gasteiger partial charge is 0.309 e. The first kappa shape index (κ1) is 26.0. The second-order valence-corrected chi connectivity index (χ2v) is 10.8. The molecule has 1 aliphatic heterocycles. The topological polar surface area (TPSA) is 38.8 Å². The van der Waals surface area contributed by atoms with Crippen molar-refractivity contribution in [1.29, 1.82) is 0 Å². The Morgan fingerprint density at radius 1 is 0.886 bits per heavy atom. The average Bonchev–Trinajstić information content (AvgIpc) is 2.88. The molecule has 4 heteroatoms. The lowest BCUT2D eigenvalue weighted by molar-refractivity contribution is -0.149. The van der Waals surface area contributed by atoms with Crippen LogP contribution in [-0.4, -0.2) is 36.7 Å². The van der Waals surface area contributed by atoms with E-state index in [1.807, 2.05) is 6.92 Å². The van der Waals surface area contributed by atoms with Crippen molar-refractivity contribution in [1.82, 2.24) is 4.90 Å². The van der Waals surface area contributed by atoms with Crippen molar-refractivity contribution in [3.8, 4) is 5.75 Å². The highest BCUT2D eigenvalue weighted by Crippen LogP contribution is 2.32. The number of benzene rings is 2. The van der Waals surface area contributed by atoms with Crippen LogP contribution in [0.4, 0.5) is 0 Å². The summed E-state index contributed by atoms with van der Waals surface area (Å²) in [5, 5.41) is 2.52. The highest BCUT2D eigenvalue weighted by Gasteiger charge is 2.26. The summed E-state index contributed by atoms with van der Waals surface area (Å²) >= 11 is 0. The van der Waals surface area contributed by atoms with Gasteiger partial charge in [0.2, 0.25) is 0 Å². The van der Waals surface area contributed by atoms with E-state index in [1.165, 1.54) is 74.1 Å². The molecule has 0 aromatic heterocycles. The Bertz CT molecular complexity index is 926. The molecule has 4 rings (SSSR count). The molecule has 0 unspecified atom stereocenters. The van der Waals surface area contributed by atoms with Crippen molar-refractivity contribution in [3.63, 3.8) is 0 Å². The standard InChI is InChI=1S/C31H45NO3/c1-3-5-6-7-8-24-10-14-29(15-11-24)35-30-16-13-27-21-25(9-12-28(27)22-30)23-32-19-17-26(18-20-32)31(33)34-4-2/h9,12-13,16,21-22,24,26,29H,3-8,10-11,14-15,17-20,23H2,1-2H3/t24-,29+. The molecule has 0 N–H and O–H groups in total. The van der Waals surface area contributed by atoms with Gasteiger partial charge in [-0.15, -0.1) is 0 Å². The van der Waals surface area contributed by atoms with E-state index in [1.54, 1.807) is 0 Å². The Hall–Kier alpha value is -2.07. The molecular formula is C31H45NO3. The summed E-state index contributed by atoms with van der Waals surface area (Å²) in [6.07, 6.45) is 14.1. The zero-order valence-corrected chi connectivity index (χ0v) is 22.0. The number of likely N-dealkylation sites (tertiary alicyclic amines) is 1. The molecule has 2 aliphatic rings. The number of hydrogen-bond donors (Lipinski definition) is 0. The molecule has 1 heterocycles. The van der Waals surface area contributed by atoms with Crippen LogP contribution in [0.2, 0.25) is 0 Å². The first-order valence-electron chi connectivity index (χ1n) is 14.2. The summed E-state index contributed by atoms with van der Waals surface area (Å²) in [6.45, 7) is 7.48. The van der Waals surface area contributed by atoms with E-state index >= 15 is 0 Å². The van der Waals surface area contributed by atoms with Gasteiger partial charge in [0.25, 0.3) is 0 Å². The largest absolute Gasteiger partial charge is 0.490 e. The number of hydrogen-bond acceptors (Lipinski definition) is 4. The van der Waals surface area contributed by atoms with Gasteiger partial charge in [0.05, 0.1) is 18.6 Å². The summed E-state index contributed by atoms with van der Waals surface area (Å²) < 4.78 is 11.6. The number of carbonyl (C=O) groups is 1. The zero-order valence-electron chi connectivity index (χ0n) is 22.0. The van der Waals surface area contributed by atoms with Gasteiger partial charge in [0.15, 0.2) is 0 Å². The molecule has 0 atom stereocenters. The van der Waals surface area contributed by atoms with Gasteiger partial charge in [-0.05, 0) is 99.0 Å². The third-order valence-corrected chi connectivity index (χ3v) is 8.05. The van der Waals surface area contributed by atoms with Crippen molar-refractivity contribution >= 4 is 16.7 Å². The fourth-order valence-electron chi connectivity index (χ4n) is 5.88. The summed E-state index contributed by atoms with van der Waals surface area (Å²) in [4.78, 5) is 14.4. The molecule has 35 heavy (non-hydrogen) atoms. The lowest BCUT2D eigenvalue weighted by atomic mass is 9.84. The monoisotopic (exact) mass is 479 g/mol. The summed E-state index contributed by atoms with van der Waals surface area (Å²) in [7, 11) is 0. The van der Waals surface area contributed by atoms with Gasteiger partial charge in [-0.1, -0.05) is 57.2 Å². The van der Waals surface area contributed by atoms with Crippen molar-refractivity contribution in [2.45, 2.75) is 97.1 Å². The van der Waals surface area contributed by atoms with Crippen LogP contribution in [0.1, 0.15) is 90.0 Å².